The van der Waals surface area contributed by atoms with Gasteiger partial charge in [-0.05, 0) is 12.5 Å². The van der Waals surface area contributed by atoms with Crippen LogP contribution >= 0.6 is 24.0 Å². The van der Waals surface area contributed by atoms with Crippen molar-refractivity contribution in [2.45, 2.75) is 26.6 Å². The molecule has 11 heteroatoms. The SMILES string of the molecule is CCNC(=NCc1ccc(OCC(F)(F)F)nc1)N1CCN(C(C)=O)CC1.I. The van der Waals surface area contributed by atoms with Crippen molar-refractivity contribution in [1.82, 2.24) is 20.1 Å². The first-order valence-electron chi connectivity index (χ1n) is 8.71. The molecule has 1 amide bonds. The molecule has 0 saturated carbocycles. The van der Waals surface area contributed by atoms with Crippen molar-refractivity contribution in [1.29, 1.82) is 0 Å². The average molecular weight is 515 g/mol. The van der Waals surface area contributed by atoms with Crippen molar-refractivity contribution < 1.29 is 22.7 Å². The van der Waals surface area contributed by atoms with Crippen molar-refractivity contribution in [3.8, 4) is 5.88 Å². The molecule has 1 saturated heterocycles. The fraction of sp³-hybridized carbons (Fsp3) is 0.588. The molecule has 0 radical (unpaired) electrons. The van der Waals surface area contributed by atoms with E-state index in [4.69, 9.17) is 0 Å². The van der Waals surface area contributed by atoms with Crippen LogP contribution in [0.2, 0.25) is 0 Å². The number of amides is 1. The van der Waals surface area contributed by atoms with Crippen molar-refractivity contribution in [2.24, 2.45) is 4.99 Å². The van der Waals surface area contributed by atoms with Gasteiger partial charge in [0.1, 0.15) is 0 Å². The van der Waals surface area contributed by atoms with Crippen molar-refractivity contribution in [3.05, 3.63) is 23.9 Å². The highest BCUT2D eigenvalue weighted by molar-refractivity contribution is 14.0. The number of rotatable bonds is 5. The number of halogens is 4. The van der Waals surface area contributed by atoms with E-state index in [0.717, 1.165) is 11.5 Å². The average Bonchev–Trinajstić information content (AvgIpc) is 2.64. The molecule has 158 valence electrons. The predicted octanol–water partition coefficient (Wildman–Crippen LogP) is 2.27. The van der Waals surface area contributed by atoms with Gasteiger partial charge in [0.2, 0.25) is 11.8 Å². The Labute approximate surface area is 179 Å². The Morgan fingerprint density at radius 2 is 1.89 bits per heavy atom. The van der Waals surface area contributed by atoms with Gasteiger partial charge in [-0.15, -0.1) is 24.0 Å². The first-order chi connectivity index (χ1) is 12.8. The van der Waals surface area contributed by atoms with Gasteiger partial charge in [0.05, 0.1) is 6.54 Å². The number of carbonyl (C=O) groups is 1. The second kappa shape index (κ2) is 11.3. The molecule has 0 aromatic carbocycles. The molecule has 0 unspecified atom stereocenters. The normalized spacial score (nSPS) is 15.1. The number of hydrogen-bond acceptors (Lipinski definition) is 4. The molecule has 1 aromatic rings. The fourth-order valence-electron chi connectivity index (χ4n) is 2.57. The van der Waals surface area contributed by atoms with E-state index in [1.807, 2.05) is 6.92 Å². The minimum atomic E-state index is -4.39. The summed E-state index contributed by atoms with van der Waals surface area (Å²) >= 11 is 0. The van der Waals surface area contributed by atoms with Crippen LogP contribution < -0.4 is 10.1 Å². The number of guanidine groups is 1. The number of alkyl halides is 3. The van der Waals surface area contributed by atoms with Crippen molar-refractivity contribution in [3.63, 3.8) is 0 Å². The van der Waals surface area contributed by atoms with Gasteiger partial charge in [-0.2, -0.15) is 13.2 Å². The number of piperazine rings is 1. The van der Waals surface area contributed by atoms with Gasteiger partial charge in [0.25, 0.3) is 0 Å². The van der Waals surface area contributed by atoms with E-state index < -0.39 is 12.8 Å². The van der Waals surface area contributed by atoms with Crippen LogP contribution in [0.5, 0.6) is 5.88 Å². The zero-order valence-corrected chi connectivity index (χ0v) is 18.2. The molecular weight excluding hydrogens is 490 g/mol. The molecule has 1 aliphatic rings. The predicted molar refractivity (Wildman–Crippen MR) is 110 cm³/mol. The number of ether oxygens (including phenoxy) is 1. The Balaban J connectivity index is 0.00000392. The number of hydrogen-bond donors (Lipinski definition) is 1. The highest BCUT2D eigenvalue weighted by Gasteiger charge is 2.28. The first kappa shape index (κ1) is 24.2. The van der Waals surface area contributed by atoms with Gasteiger partial charge in [-0.1, -0.05) is 6.07 Å². The Kier molecular flexibility index (Phi) is 9.76. The topological polar surface area (TPSA) is 70.1 Å². The molecule has 7 nitrogen and oxygen atoms in total. The lowest BCUT2D eigenvalue weighted by Crippen LogP contribution is -2.53. The first-order valence-corrected chi connectivity index (χ1v) is 8.71. The summed E-state index contributed by atoms with van der Waals surface area (Å²) in [5.74, 6) is 0.723. The lowest BCUT2D eigenvalue weighted by molar-refractivity contribution is -0.154. The maximum Gasteiger partial charge on any atom is 0.422 e. The van der Waals surface area contributed by atoms with E-state index in [9.17, 15) is 18.0 Å². The lowest BCUT2D eigenvalue weighted by atomic mass is 10.3. The second-order valence-electron chi connectivity index (χ2n) is 6.07. The zero-order valence-electron chi connectivity index (χ0n) is 15.8. The molecule has 0 bridgehead atoms. The minimum Gasteiger partial charge on any atom is -0.468 e. The summed E-state index contributed by atoms with van der Waals surface area (Å²) in [5, 5.41) is 3.22. The smallest absolute Gasteiger partial charge is 0.422 e. The van der Waals surface area contributed by atoms with Gasteiger partial charge in [-0.25, -0.2) is 9.98 Å². The summed E-state index contributed by atoms with van der Waals surface area (Å²) in [4.78, 5) is 23.7. The number of aromatic nitrogens is 1. The molecular formula is C17H25F3IN5O2. The third kappa shape index (κ3) is 8.07. The molecule has 28 heavy (non-hydrogen) atoms. The Bertz CT molecular complexity index is 647. The molecule has 1 aromatic heterocycles. The Hall–Kier alpha value is -1.79. The van der Waals surface area contributed by atoms with E-state index in [1.54, 1.807) is 17.9 Å². The van der Waals surface area contributed by atoms with Gasteiger partial charge in [-0.3, -0.25) is 4.79 Å². The maximum absolute atomic E-state index is 12.1. The van der Waals surface area contributed by atoms with Crippen LogP contribution in [0.1, 0.15) is 19.4 Å². The summed E-state index contributed by atoms with van der Waals surface area (Å²) in [5.41, 5.74) is 0.757. The van der Waals surface area contributed by atoms with Crippen LogP contribution in [0.3, 0.4) is 0 Å². The summed E-state index contributed by atoms with van der Waals surface area (Å²) in [6.07, 6.45) is -2.94. The molecule has 0 aliphatic carbocycles. The van der Waals surface area contributed by atoms with E-state index in [1.165, 1.54) is 12.3 Å². The zero-order chi connectivity index (χ0) is 19.9. The monoisotopic (exact) mass is 515 g/mol. The largest absolute Gasteiger partial charge is 0.468 e. The van der Waals surface area contributed by atoms with E-state index in [0.29, 0.717) is 39.3 Å². The molecule has 0 spiro atoms. The number of nitrogens with zero attached hydrogens (tertiary/aromatic N) is 4. The number of pyridine rings is 1. The van der Waals surface area contributed by atoms with Crippen LogP contribution in [0.4, 0.5) is 13.2 Å². The molecule has 2 heterocycles. The molecule has 0 atom stereocenters. The van der Waals surface area contributed by atoms with Crippen molar-refractivity contribution >= 4 is 35.8 Å². The van der Waals surface area contributed by atoms with Crippen LogP contribution in [0, 0.1) is 0 Å². The molecule has 1 aliphatic heterocycles. The van der Waals surface area contributed by atoms with E-state index in [2.05, 4.69) is 24.9 Å². The minimum absolute atomic E-state index is 0. The number of nitrogens with one attached hydrogen (secondary N) is 1. The molecule has 2 rings (SSSR count). The third-order valence-corrected chi connectivity index (χ3v) is 3.95. The molecule has 1 fully saturated rings. The van der Waals surface area contributed by atoms with Gasteiger partial charge < -0.3 is 19.9 Å². The third-order valence-electron chi connectivity index (χ3n) is 3.95. The summed E-state index contributed by atoms with van der Waals surface area (Å²) < 4.78 is 41.0. The van der Waals surface area contributed by atoms with Crippen LogP contribution in [0.15, 0.2) is 23.3 Å². The lowest BCUT2D eigenvalue weighted by Gasteiger charge is -2.36. The van der Waals surface area contributed by atoms with Crippen molar-refractivity contribution in [2.75, 3.05) is 39.3 Å². The fourth-order valence-corrected chi connectivity index (χ4v) is 2.57. The second-order valence-corrected chi connectivity index (χ2v) is 6.07. The molecule has 1 N–H and O–H groups in total. The standard InChI is InChI=1S/C17H24F3N5O2.HI/c1-3-21-16(25-8-6-24(7-9-25)13(2)26)23-11-14-4-5-15(22-10-14)27-12-17(18,19)20;/h4-5,10H,3,6-9,11-12H2,1-2H3,(H,21,23);1H. The van der Waals surface area contributed by atoms with E-state index >= 15 is 0 Å². The van der Waals surface area contributed by atoms with Crippen LogP contribution in [-0.2, 0) is 11.3 Å². The summed E-state index contributed by atoms with van der Waals surface area (Å²) in [7, 11) is 0. The van der Waals surface area contributed by atoms with Gasteiger partial charge >= 0.3 is 6.18 Å². The Morgan fingerprint density at radius 3 is 2.39 bits per heavy atom. The summed E-state index contributed by atoms with van der Waals surface area (Å²) in [6.45, 7) is 5.87. The van der Waals surface area contributed by atoms with Gasteiger partial charge in [0, 0.05) is 51.9 Å². The number of carbonyl (C=O) groups excluding carboxylic acids is 1. The van der Waals surface area contributed by atoms with Gasteiger partial charge in [0.15, 0.2) is 12.6 Å². The maximum atomic E-state index is 12.1. The highest BCUT2D eigenvalue weighted by atomic mass is 127. The van der Waals surface area contributed by atoms with E-state index in [-0.39, 0.29) is 35.8 Å². The Morgan fingerprint density at radius 1 is 1.25 bits per heavy atom. The quantitative estimate of drug-likeness (QED) is 0.371. The van der Waals surface area contributed by atoms with Crippen LogP contribution in [0.25, 0.3) is 0 Å². The highest BCUT2D eigenvalue weighted by Crippen LogP contribution is 2.17. The van der Waals surface area contributed by atoms with Crippen LogP contribution in [-0.4, -0.2) is 72.2 Å². The summed E-state index contributed by atoms with van der Waals surface area (Å²) in [6, 6.07) is 3.04. The number of aliphatic imine (C=N–C) groups is 1.